The van der Waals surface area contributed by atoms with Gasteiger partial charge in [0.15, 0.2) is 14.4 Å². The van der Waals surface area contributed by atoms with Crippen LogP contribution in [-0.2, 0) is 9.16 Å². The molecule has 0 aromatic carbocycles. The second-order valence-corrected chi connectivity index (χ2v) is 14.1. The molecule has 1 N–H and O–H groups in total. The van der Waals surface area contributed by atoms with Crippen molar-refractivity contribution in [3.8, 4) is 6.07 Å². The van der Waals surface area contributed by atoms with Gasteiger partial charge in [0.05, 0.1) is 12.1 Å². The van der Waals surface area contributed by atoms with Crippen molar-refractivity contribution in [2.75, 3.05) is 0 Å². The maximum atomic E-state index is 12.1. The van der Waals surface area contributed by atoms with Gasteiger partial charge in [0.25, 0.3) is 0 Å². The number of amides is 1. The fourth-order valence-corrected chi connectivity index (χ4v) is 3.12. The number of carbonyl (C=O) groups excluding carboxylic acids is 1. The highest BCUT2D eigenvalue weighted by atomic mass is 28.4. The van der Waals surface area contributed by atoms with Crippen LogP contribution in [0.1, 0.15) is 61.8 Å². The number of ether oxygens (including phenoxy) is 1. The zero-order valence-corrected chi connectivity index (χ0v) is 18.1. The van der Waals surface area contributed by atoms with Crippen LogP contribution in [0.3, 0.4) is 0 Å². The molecule has 0 aliphatic heterocycles. The molecule has 0 aliphatic rings. The minimum absolute atomic E-state index is 0.00357. The fourth-order valence-electron chi connectivity index (χ4n) is 1.92. The first-order valence-electron chi connectivity index (χ1n) is 8.66. The lowest BCUT2D eigenvalue weighted by molar-refractivity contribution is 0.0452. The van der Waals surface area contributed by atoms with Gasteiger partial charge in [0.2, 0.25) is 0 Å². The average molecular weight is 357 g/mol. The van der Waals surface area contributed by atoms with Crippen molar-refractivity contribution in [1.82, 2.24) is 5.32 Å². The van der Waals surface area contributed by atoms with Gasteiger partial charge in [-0.3, -0.25) is 0 Å². The second-order valence-electron chi connectivity index (χ2n) is 9.31. The van der Waals surface area contributed by atoms with Crippen molar-refractivity contribution < 1.29 is 14.0 Å². The van der Waals surface area contributed by atoms with Gasteiger partial charge in [-0.15, -0.1) is 0 Å². The van der Waals surface area contributed by atoms with E-state index in [1.807, 2.05) is 20.8 Å². The van der Waals surface area contributed by atoms with Crippen molar-refractivity contribution >= 4 is 14.4 Å². The molecule has 0 rings (SSSR count). The standard InChI is InChI=1S/C18H36N2O3Si/c1-13(2)11-14(20-16(21)22-17(3,4)5)15(12-19)23-24(9,10)18(6,7)8/h13-15H,11H2,1-10H3,(H,20,21)/t14-,15+/m0/s1. The smallest absolute Gasteiger partial charge is 0.407 e. The molecule has 140 valence electrons. The third-order valence-corrected chi connectivity index (χ3v) is 8.60. The highest BCUT2D eigenvalue weighted by Gasteiger charge is 2.41. The van der Waals surface area contributed by atoms with Crippen LogP contribution in [0.2, 0.25) is 18.1 Å². The Morgan fingerprint density at radius 3 is 2.00 bits per heavy atom. The van der Waals surface area contributed by atoms with Crippen molar-refractivity contribution in [2.24, 2.45) is 5.92 Å². The van der Waals surface area contributed by atoms with Crippen LogP contribution < -0.4 is 5.32 Å². The van der Waals surface area contributed by atoms with E-state index in [0.717, 1.165) is 0 Å². The van der Waals surface area contributed by atoms with Crippen molar-refractivity contribution in [1.29, 1.82) is 5.26 Å². The van der Waals surface area contributed by atoms with E-state index in [1.165, 1.54) is 0 Å². The molecule has 1 amide bonds. The Morgan fingerprint density at radius 2 is 1.67 bits per heavy atom. The molecular formula is C18H36N2O3Si. The Hall–Kier alpha value is -1.06. The Labute approximate surface area is 149 Å². The van der Waals surface area contributed by atoms with Crippen LogP contribution in [0.5, 0.6) is 0 Å². The maximum absolute atomic E-state index is 12.1. The number of hydrogen-bond acceptors (Lipinski definition) is 4. The zero-order valence-electron chi connectivity index (χ0n) is 17.1. The molecule has 24 heavy (non-hydrogen) atoms. The van der Waals surface area contributed by atoms with Crippen LogP contribution in [0.25, 0.3) is 0 Å². The second kappa shape index (κ2) is 8.35. The summed E-state index contributed by atoms with van der Waals surface area (Å²) >= 11 is 0. The maximum Gasteiger partial charge on any atom is 0.407 e. The molecular weight excluding hydrogens is 320 g/mol. The van der Waals surface area contributed by atoms with Gasteiger partial charge in [0.1, 0.15) is 5.60 Å². The third kappa shape index (κ3) is 8.16. The number of rotatable bonds is 6. The summed E-state index contributed by atoms with van der Waals surface area (Å²) in [6, 6.07) is 1.86. The first-order valence-corrected chi connectivity index (χ1v) is 11.6. The number of nitrogens with one attached hydrogen (secondary N) is 1. The lowest BCUT2D eigenvalue weighted by Crippen LogP contribution is -2.52. The van der Waals surface area contributed by atoms with Gasteiger partial charge in [0, 0.05) is 0 Å². The molecule has 0 saturated heterocycles. The van der Waals surface area contributed by atoms with Crippen LogP contribution >= 0.6 is 0 Å². The van der Waals surface area contributed by atoms with E-state index >= 15 is 0 Å². The summed E-state index contributed by atoms with van der Waals surface area (Å²) in [6.45, 7) is 20.2. The summed E-state index contributed by atoms with van der Waals surface area (Å²) in [6.07, 6.45) is -0.528. The SMILES string of the molecule is CC(C)C[C@H](NC(=O)OC(C)(C)C)[C@@H](C#N)O[Si](C)(C)C(C)(C)C. The Balaban J connectivity index is 5.26. The highest BCUT2D eigenvalue weighted by Crippen LogP contribution is 2.37. The lowest BCUT2D eigenvalue weighted by atomic mass is 10.00. The van der Waals surface area contributed by atoms with Crippen molar-refractivity contribution in [2.45, 2.75) is 97.7 Å². The normalized spacial score (nSPS) is 15.6. The number of carbonyl (C=O) groups is 1. The molecule has 0 aliphatic carbocycles. The van der Waals surface area contributed by atoms with Gasteiger partial charge in [-0.1, -0.05) is 34.6 Å². The summed E-state index contributed by atoms with van der Waals surface area (Å²) in [4.78, 5) is 12.1. The van der Waals surface area contributed by atoms with Gasteiger partial charge >= 0.3 is 6.09 Å². The third-order valence-electron chi connectivity index (χ3n) is 4.15. The predicted octanol–water partition coefficient (Wildman–Crippen LogP) is 4.84. The van der Waals surface area contributed by atoms with E-state index in [9.17, 15) is 10.1 Å². The molecule has 0 aromatic heterocycles. The molecule has 0 heterocycles. The van der Waals surface area contributed by atoms with Gasteiger partial charge in [-0.25, -0.2) is 4.79 Å². The first kappa shape index (κ1) is 22.9. The molecule has 0 fully saturated rings. The molecule has 6 heteroatoms. The zero-order chi connectivity index (χ0) is 19.3. The monoisotopic (exact) mass is 356 g/mol. The first-order chi connectivity index (χ1) is 10.6. The Bertz CT molecular complexity index is 456. The Morgan fingerprint density at radius 1 is 1.17 bits per heavy atom. The quantitative estimate of drug-likeness (QED) is 0.691. The molecule has 2 atom stereocenters. The summed E-state index contributed by atoms with van der Waals surface area (Å²) in [7, 11) is -2.12. The molecule has 0 spiro atoms. The molecule has 0 radical (unpaired) electrons. The topological polar surface area (TPSA) is 71.3 Å². The molecule has 0 bridgehead atoms. The number of nitriles is 1. The van der Waals surface area contributed by atoms with Gasteiger partial charge in [-0.05, 0) is 51.2 Å². The summed E-state index contributed by atoms with van der Waals surface area (Å²) in [5.74, 6) is 0.323. The van der Waals surface area contributed by atoms with E-state index in [1.54, 1.807) is 0 Å². The molecule has 0 unspecified atom stereocenters. The number of hydrogen-bond donors (Lipinski definition) is 1. The summed E-state index contributed by atoms with van der Waals surface area (Å²) < 4.78 is 11.6. The van der Waals surface area contributed by atoms with Crippen LogP contribution in [0.15, 0.2) is 0 Å². The van der Waals surface area contributed by atoms with E-state index in [0.29, 0.717) is 12.3 Å². The van der Waals surface area contributed by atoms with Crippen molar-refractivity contribution in [3.05, 3.63) is 0 Å². The lowest BCUT2D eigenvalue weighted by Gasteiger charge is -2.39. The van der Waals surface area contributed by atoms with E-state index < -0.39 is 26.1 Å². The minimum Gasteiger partial charge on any atom is -0.444 e. The van der Waals surface area contributed by atoms with E-state index in [-0.39, 0.29) is 11.1 Å². The summed E-state index contributed by atoms with van der Waals surface area (Å²) in [5, 5.41) is 12.5. The average Bonchev–Trinajstić information content (AvgIpc) is 2.30. The molecule has 0 aromatic rings. The minimum atomic E-state index is -2.12. The number of nitrogens with zero attached hydrogens (tertiary/aromatic N) is 1. The van der Waals surface area contributed by atoms with Gasteiger partial charge < -0.3 is 14.5 Å². The van der Waals surface area contributed by atoms with E-state index in [2.05, 4.69) is 59.1 Å². The van der Waals surface area contributed by atoms with Gasteiger partial charge in [-0.2, -0.15) is 5.26 Å². The van der Waals surface area contributed by atoms with Crippen molar-refractivity contribution in [3.63, 3.8) is 0 Å². The molecule has 5 nitrogen and oxygen atoms in total. The molecule has 0 saturated carbocycles. The largest absolute Gasteiger partial charge is 0.444 e. The van der Waals surface area contributed by atoms with E-state index in [4.69, 9.17) is 9.16 Å². The van der Waals surface area contributed by atoms with Crippen LogP contribution in [-0.4, -0.2) is 32.2 Å². The van der Waals surface area contributed by atoms with Crippen LogP contribution in [0, 0.1) is 17.2 Å². The highest BCUT2D eigenvalue weighted by molar-refractivity contribution is 6.74. The summed E-state index contributed by atoms with van der Waals surface area (Å²) in [5.41, 5.74) is -0.575. The number of alkyl carbamates (subject to hydrolysis) is 1. The Kier molecular flexibility index (Phi) is 7.98. The predicted molar refractivity (Wildman–Crippen MR) is 100 cm³/mol. The fraction of sp³-hybridized carbons (Fsp3) is 0.889. The van der Waals surface area contributed by atoms with Crippen LogP contribution in [0.4, 0.5) is 4.79 Å².